The number of aryl methyl sites for hydroxylation is 1. The van der Waals surface area contributed by atoms with E-state index in [9.17, 15) is 0 Å². The van der Waals surface area contributed by atoms with Gasteiger partial charge in [-0.25, -0.2) is 9.50 Å². The zero-order valence-electron chi connectivity index (χ0n) is 11.6. The zero-order valence-corrected chi connectivity index (χ0v) is 11.6. The minimum Gasteiger partial charge on any atom is -0.314 e. The van der Waals surface area contributed by atoms with Crippen molar-refractivity contribution in [1.29, 1.82) is 0 Å². The average molecular weight is 259 g/mol. The Kier molecular flexibility index (Phi) is 3.48. The number of nitrogens with zero attached hydrogens (tertiary/aromatic N) is 4. The molecule has 1 aliphatic heterocycles. The molecule has 3 heterocycles. The van der Waals surface area contributed by atoms with Crippen molar-refractivity contribution in [3.05, 3.63) is 29.7 Å². The first-order valence-electron chi connectivity index (χ1n) is 6.99. The van der Waals surface area contributed by atoms with E-state index < -0.39 is 0 Å². The van der Waals surface area contributed by atoms with Crippen LogP contribution in [0.25, 0.3) is 5.65 Å². The van der Waals surface area contributed by atoms with Crippen LogP contribution in [0.4, 0.5) is 0 Å². The number of nitrogens with one attached hydrogen (secondary N) is 1. The van der Waals surface area contributed by atoms with Gasteiger partial charge in [0.05, 0.1) is 0 Å². The Balaban J connectivity index is 1.75. The fourth-order valence-electron chi connectivity index (χ4n) is 2.69. The van der Waals surface area contributed by atoms with Crippen molar-refractivity contribution in [3.63, 3.8) is 0 Å². The molecule has 0 spiro atoms. The molecule has 19 heavy (non-hydrogen) atoms. The molecule has 0 aliphatic carbocycles. The van der Waals surface area contributed by atoms with Gasteiger partial charge in [-0.1, -0.05) is 6.07 Å². The molecular formula is C14H21N5. The molecular weight excluding hydrogens is 238 g/mol. The molecule has 1 N–H and O–H groups in total. The number of pyridine rings is 1. The van der Waals surface area contributed by atoms with Crippen molar-refractivity contribution in [2.75, 3.05) is 26.2 Å². The lowest BCUT2D eigenvalue weighted by molar-refractivity contribution is 0.182. The SMILES string of the molecule is Cc1cccn2nc(CC(C)N3CCNCC3)nc12. The van der Waals surface area contributed by atoms with Crippen LogP contribution in [0.3, 0.4) is 0 Å². The first kappa shape index (κ1) is 12.6. The van der Waals surface area contributed by atoms with E-state index >= 15 is 0 Å². The van der Waals surface area contributed by atoms with Gasteiger partial charge >= 0.3 is 0 Å². The van der Waals surface area contributed by atoms with E-state index in [0.29, 0.717) is 6.04 Å². The van der Waals surface area contributed by atoms with Crippen molar-refractivity contribution in [1.82, 2.24) is 24.8 Å². The van der Waals surface area contributed by atoms with Crippen LogP contribution >= 0.6 is 0 Å². The summed E-state index contributed by atoms with van der Waals surface area (Å²) in [7, 11) is 0. The molecule has 102 valence electrons. The van der Waals surface area contributed by atoms with E-state index in [0.717, 1.165) is 44.1 Å². The molecule has 5 heteroatoms. The standard InChI is InChI=1S/C14H21N5/c1-11-4-3-7-19-14(11)16-13(17-19)10-12(2)18-8-5-15-6-9-18/h3-4,7,12,15H,5-6,8-10H2,1-2H3. The van der Waals surface area contributed by atoms with Gasteiger partial charge in [-0.05, 0) is 25.5 Å². The van der Waals surface area contributed by atoms with Crippen LogP contribution in [-0.4, -0.2) is 51.7 Å². The van der Waals surface area contributed by atoms with Gasteiger partial charge in [0.1, 0.15) is 0 Å². The average Bonchev–Trinajstić information content (AvgIpc) is 2.84. The normalized spacial score (nSPS) is 18.8. The third-order valence-corrected chi connectivity index (χ3v) is 3.85. The molecule has 2 aromatic heterocycles. The molecule has 0 aromatic carbocycles. The lowest BCUT2D eigenvalue weighted by Crippen LogP contribution is -2.48. The van der Waals surface area contributed by atoms with Gasteiger partial charge < -0.3 is 5.32 Å². The highest BCUT2D eigenvalue weighted by molar-refractivity contribution is 5.45. The second-order valence-electron chi connectivity index (χ2n) is 5.33. The van der Waals surface area contributed by atoms with Gasteiger partial charge in [-0.15, -0.1) is 0 Å². The molecule has 0 amide bonds. The number of piperazine rings is 1. The highest BCUT2D eigenvalue weighted by Gasteiger charge is 2.18. The van der Waals surface area contributed by atoms with Gasteiger partial charge in [0.15, 0.2) is 11.5 Å². The second kappa shape index (κ2) is 5.27. The summed E-state index contributed by atoms with van der Waals surface area (Å²) in [6.07, 6.45) is 2.88. The Morgan fingerprint density at radius 3 is 2.89 bits per heavy atom. The highest BCUT2D eigenvalue weighted by atomic mass is 15.3. The molecule has 0 bridgehead atoms. The summed E-state index contributed by atoms with van der Waals surface area (Å²) in [6, 6.07) is 4.59. The Hall–Kier alpha value is -1.46. The topological polar surface area (TPSA) is 45.5 Å². The van der Waals surface area contributed by atoms with E-state index in [4.69, 9.17) is 0 Å². The molecule has 1 saturated heterocycles. The first-order chi connectivity index (χ1) is 9.24. The van der Waals surface area contributed by atoms with Gasteiger partial charge in [-0.3, -0.25) is 4.90 Å². The molecule has 3 rings (SSSR count). The lowest BCUT2D eigenvalue weighted by atomic mass is 10.1. The molecule has 0 radical (unpaired) electrons. The fraction of sp³-hybridized carbons (Fsp3) is 0.571. The van der Waals surface area contributed by atoms with Crippen LogP contribution in [0.2, 0.25) is 0 Å². The third-order valence-electron chi connectivity index (χ3n) is 3.85. The van der Waals surface area contributed by atoms with Crippen LogP contribution in [-0.2, 0) is 6.42 Å². The third kappa shape index (κ3) is 2.62. The summed E-state index contributed by atoms with van der Waals surface area (Å²) in [4.78, 5) is 7.17. The van der Waals surface area contributed by atoms with Gasteiger partial charge in [-0.2, -0.15) is 5.10 Å². The Bertz CT molecular complexity index is 556. The van der Waals surface area contributed by atoms with E-state index in [1.54, 1.807) is 0 Å². The maximum absolute atomic E-state index is 4.66. The van der Waals surface area contributed by atoms with Crippen LogP contribution in [0, 0.1) is 6.92 Å². The van der Waals surface area contributed by atoms with Gasteiger partial charge in [0.2, 0.25) is 0 Å². The first-order valence-corrected chi connectivity index (χ1v) is 6.99. The Morgan fingerprint density at radius 2 is 2.16 bits per heavy atom. The number of fused-ring (bicyclic) bond motifs is 1. The summed E-state index contributed by atoms with van der Waals surface area (Å²) in [5.74, 6) is 0.945. The van der Waals surface area contributed by atoms with Crippen LogP contribution in [0.15, 0.2) is 18.3 Å². The lowest BCUT2D eigenvalue weighted by Gasteiger charge is -2.32. The number of aromatic nitrogens is 3. The van der Waals surface area contributed by atoms with Crippen molar-refractivity contribution in [2.45, 2.75) is 26.3 Å². The van der Waals surface area contributed by atoms with Crippen molar-refractivity contribution in [2.24, 2.45) is 0 Å². The van der Waals surface area contributed by atoms with Gasteiger partial charge in [0.25, 0.3) is 0 Å². The summed E-state index contributed by atoms with van der Waals surface area (Å²) < 4.78 is 1.88. The molecule has 5 nitrogen and oxygen atoms in total. The minimum atomic E-state index is 0.500. The van der Waals surface area contributed by atoms with E-state index in [2.05, 4.69) is 40.2 Å². The van der Waals surface area contributed by atoms with Crippen molar-refractivity contribution < 1.29 is 0 Å². The van der Waals surface area contributed by atoms with Crippen molar-refractivity contribution in [3.8, 4) is 0 Å². The molecule has 2 aromatic rings. The number of rotatable bonds is 3. The van der Waals surface area contributed by atoms with Crippen LogP contribution < -0.4 is 5.32 Å². The number of hydrogen-bond donors (Lipinski definition) is 1. The molecule has 1 unspecified atom stereocenters. The predicted octanol–water partition coefficient (Wildman–Crippen LogP) is 0.874. The molecule has 0 saturated carbocycles. The summed E-state index contributed by atoms with van der Waals surface area (Å²) in [5, 5.41) is 7.96. The monoisotopic (exact) mass is 259 g/mol. The van der Waals surface area contributed by atoms with E-state index in [1.807, 2.05) is 16.8 Å². The van der Waals surface area contributed by atoms with Gasteiger partial charge in [0, 0.05) is 44.8 Å². The minimum absolute atomic E-state index is 0.500. The Morgan fingerprint density at radius 1 is 1.37 bits per heavy atom. The Labute approximate surface area is 113 Å². The summed E-state index contributed by atoms with van der Waals surface area (Å²) in [6.45, 7) is 8.75. The number of hydrogen-bond acceptors (Lipinski definition) is 4. The molecule has 1 aliphatic rings. The highest BCUT2D eigenvalue weighted by Crippen LogP contribution is 2.11. The summed E-state index contributed by atoms with van der Waals surface area (Å²) in [5.41, 5.74) is 2.15. The maximum atomic E-state index is 4.66. The summed E-state index contributed by atoms with van der Waals surface area (Å²) >= 11 is 0. The van der Waals surface area contributed by atoms with Crippen LogP contribution in [0.1, 0.15) is 18.3 Å². The smallest absolute Gasteiger partial charge is 0.158 e. The van der Waals surface area contributed by atoms with E-state index in [-0.39, 0.29) is 0 Å². The molecule has 1 atom stereocenters. The molecule has 1 fully saturated rings. The van der Waals surface area contributed by atoms with Crippen molar-refractivity contribution >= 4 is 5.65 Å². The second-order valence-corrected chi connectivity index (χ2v) is 5.33. The van der Waals surface area contributed by atoms with Crippen LogP contribution in [0.5, 0.6) is 0 Å². The predicted molar refractivity (Wildman–Crippen MR) is 75.3 cm³/mol. The van der Waals surface area contributed by atoms with E-state index in [1.165, 1.54) is 5.56 Å². The largest absolute Gasteiger partial charge is 0.314 e. The maximum Gasteiger partial charge on any atom is 0.158 e. The fourth-order valence-corrected chi connectivity index (χ4v) is 2.69. The quantitative estimate of drug-likeness (QED) is 0.888. The zero-order chi connectivity index (χ0) is 13.2.